The molecule has 20 heavy (non-hydrogen) atoms. The van der Waals surface area contributed by atoms with Gasteiger partial charge in [0.05, 0.1) is 6.61 Å². The second kappa shape index (κ2) is 6.59. The first-order valence-electron chi connectivity index (χ1n) is 7.92. The van der Waals surface area contributed by atoms with E-state index in [1.165, 1.54) is 12.0 Å². The van der Waals surface area contributed by atoms with Gasteiger partial charge in [0.2, 0.25) is 0 Å². The van der Waals surface area contributed by atoms with Crippen molar-refractivity contribution in [3.63, 3.8) is 0 Å². The predicted octanol–water partition coefficient (Wildman–Crippen LogP) is 2.78. The van der Waals surface area contributed by atoms with Crippen molar-refractivity contribution in [1.82, 2.24) is 5.32 Å². The molecule has 0 amide bonds. The Morgan fingerprint density at radius 3 is 3.05 bits per heavy atom. The molecule has 2 aliphatic heterocycles. The number of para-hydroxylation sites is 1. The summed E-state index contributed by atoms with van der Waals surface area (Å²) in [5, 5.41) is 3.68. The largest absolute Gasteiger partial charge is 0.490 e. The van der Waals surface area contributed by atoms with Crippen LogP contribution in [0.15, 0.2) is 24.3 Å². The van der Waals surface area contributed by atoms with Gasteiger partial charge in [-0.2, -0.15) is 0 Å². The predicted molar refractivity (Wildman–Crippen MR) is 80.2 cm³/mol. The van der Waals surface area contributed by atoms with Crippen molar-refractivity contribution in [2.75, 3.05) is 19.8 Å². The first-order valence-corrected chi connectivity index (χ1v) is 7.92. The molecule has 0 saturated carbocycles. The van der Waals surface area contributed by atoms with Gasteiger partial charge in [-0.05, 0) is 37.4 Å². The average Bonchev–Trinajstić information content (AvgIpc) is 2.88. The number of nitrogens with one attached hydrogen (secondary N) is 1. The van der Waals surface area contributed by atoms with E-state index in [0.717, 1.165) is 44.8 Å². The van der Waals surface area contributed by atoms with E-state index in [2.05, 4.69) is 36.5 Å². The number of ether oxygens (including phenoxy) is 2. The third-order valence-electron chi connectivity index (χ3n) is 4.41. The van der Waals surface area contributed by atoms with Gasteiger partial charge in [-0.15, -0.1) is 0 Å². The summed E-state index contributed by atoms with van der Waals surface area (Å²) in [7, 11) is 0. The van der Waals surface area contributed by atoms with Gasteiger partial charge in [0.25, 0.3) is 0 Å². The van der Waals surface area contributed by atoms with Crippen LogP contribution in [-0.2, 0) is 11.2 Å². The third kappa shape index (κ3) is 3.15. The van der Waals surface area contributed by atoms with E-state index in [9.17, 15) is 0 Å². The molecule has 0 aliphatic carbocycles. The molecular weight excluding hydrogens is 250 g/mol. The standard InChI is InChI=1S/C17H25NO2/c1-2-8-18-16-7-9-19-12-14(16)11-15-10-13-5-3-4-6-17(13)20-15/h3-6,14-16,18H,2,7-12H2,1H3. The molecule has 3 heteroatoms. The highest BCUT2D eigenvalue weighted by molar-refractivity contribution is 5.37. The van der Waals surface area contributed by atoms with Crippen LogP contribution >= 0.6 is 0 Å². The van der Waals surface area contributed by atoms with Crippen molar-refractivity contribution >= 4 is 0 Å². The Hall–Kier alpha value is -1.06. The van der Waals surface area contributed by atoms with E-state index < -0.39 is 0 Å². The molecule has 3 rings (SSSR count). The van der Waals surface area contributed by atoms with E-state index in [1.54, 1.807) is 0 Å². The lowest BCUT2D eigenvalue weighted by Gasteiger charge is -2.33. The second-order valence-electron chi connectivity index (χ2n) is 5.97. The van der Waals surface area contributed by atoms with Gasteiger partial charge in [-0.25, -0.2) is 0 Å². The third-order valence-corrected chi connectivity index (χ3v) is 4.41. The summed E-state index contributed by atoms with van der Waals surface area (Å²) >= 11 is 0. The minimum Gasteiger partial charge on any atom is -0.490 e. The summed E-state index contributed by atoms with van der Waals surface area (Å²) in [6.07, 6.45) is 4.79. The number of benzene rings is 1. The molecule has 3 atom stereocenters. The number of hydrogen-bond donors (Lipinski definition) is 1. The summed E-state index contributed by atoms with van der Waals surface area (Å²) in [5.74, 6) is 1.65. The van der Waals surface area contributed by atoms with Crippen molar-refractivity contribution in [3.05, 3.63) is 29.8 Å². The van der Waals surface area contributed by atoms with Gasteiger partial charge in [0, 0.05) is 25.0 Å². The Balaban J connectivity index is 1.57. The summed E-state index contributed by atoms with van der Waals surface area (Å²) < 4.78 is 11.8. The maximum atomic E-state index is 6.08. The summed E-state index contributed by atoms with van der Waals surface area (Å²) in [4.78, 5) is 0. The SMILES string of the molecule is CCCNC1CCOCC1CC1Cc2ccccc2O1. The molecule has 1 aromatic carbocycles. The zero-order valence-electron chi connectivity index (χ0n) is 12.3. The lowest BCUT2D eigenvalue weighted by Crippen LogP contribution is -2.44. The molecule has 1 fully saturated rings. The maximum absolute atomic E-state index is 6.08. The molecular formula is C17H25NO2. The molecule has 2 aliphatic rings. The van der Waals surface area contributed by atoms with Crippen LogP contribution in [0.2, 0.25) is 0 Å². The van der Waals surface area contributed by atoms with Crippen LogP contribution in [-0.4, -0.2) is 31.9 Å². The van der Waals surface area contributed by atoms with E-state index in [4.69, 9.17) is 9.47 Å². The average molecular weight is 275 g/mol. The van der Waals surface area contributed by atoms with Crippen LogP contribution in [0.1, 0.15) is 31.7 Å². The zero-order chi connectivity index (χ0) is 13.8. The minimum absolute atomic E-state index is 0.324. The monoisotopic (exact) mass is 275 g/mol. The molecule has 1 N–H and O–H groups in total. The molecule has 2 heterocycles. The lowest BCUT2D eigenvalue weighted by atomic mass is 9.89. The van der Waals surface area contributed by atoms with Gasteiger partial charge in [0.15, 0.2) is 0 Å². The molecule has 0 spiro atoms. The Labute approximate surface area is 121 Å². The van der Waals surface area contributed by atoms with Crippen molar-refractivity contribution in [3.8, 4) is 5.75 Å². The number of rotatable bonds is 5. The van der Waals surface area contributed by atoms with Crippen molar-refractivity contribution < 1.29 is 9.47 Å². The molecule has 1 aromatic rings. The number of fused-ring (bicyclic) bond motifs is 1. The van der Waals surface area contributed by atoms with Crippen LogP contribution in [0, 0.1) is 5.92 Å². The van der Waals surface area contributed by atoms with Crippen LogP contribution in [0.5, 0.6) is 5.75 Å². The fraction of sp³-hybridized carbons (Fsp3) is 0.647. The molecule has 0 radical (unpaired) electrons. The first kappa shape index (κ1) is 13.9. The van der Waals surface area contributed by atoms with Gasteiger partial charge >= 0.3 is 0 Å². The topological polar surface area (TPSA) is 30.5 Å². The maximum Gasteiger partial charge on any atom is 0.123 e. The second-order valence-corrected chi connectivity index (χ2v) is 5.97. The van der Waals surface area contributed by atoms with Crippen LogP contribution in [0.4, 0.5) is 0 Å². The van der Waals surface area contributed by atoms with E-state index >= 15 is 0 Å². The Morgan fingerprint density at radius 2 is 2.20 bits per heavy atom. The van der Waals surface area contributed by atoms with Crippen LogP contribution < -0.4 is 10.1 Å². The fourth-order valence-corrected chi connectivity index (χ4v) is 3.35. The van der Waals surface area contributed by atoms with E-state index in [0.29, 0.717) is 18.1 Å². The van der Waals surface area contributed by atoms with Gasteiger partial charge in [0.1, 0.15) is 11.9 Å². The Bertz CT molecular complexity index is 410. The normalized spacial score (nSPS) is 28.9. The summed E-state index contributed by atoms with van der Waals surface area (Å²) in [6.45, 7) is 5.09. The zero-order valence-corrected chi connectivity index (χ0v) is 12.3. The quantitative estimate of drug-likeness (QED) is 0.896. The van der Waals surface area contributed by atoms with Gasteiger partial charge in [-0.1, -0.05) is 25.1 Å². The molecule has 3 unspecified atom stereocenters. The highest BCUT2D eigenvalue weighted by atomic mass is 16.5. The summed E-state index contributed by atoms with van der Waals surface area (Å²) in [6, 6.07) is 9.01. The van der Waals surface area contributed by atoms with Crippen LogP contribution in [0.25, 0.3) is 0 Å². The van der Waals surface area contributed by atoms with Crippen LogP contribution in [0.3, 0.4) is 0 Å². The van der Waals surface area contributed by atoms with E-state index in [1.807, 2.05) is 0 Å². The highest BCUT2D eigenvalue weighted by Crippen LogP contribution is 2.32. The molecule has 1 saturated heterocycles. The Morgan fingerprint density at radius 1 is 1.30 bits per heavy atom. The smallest absolute Gasteiger partial charge is 0.123 e. The lowest BCUT2D eigenvalue weighted by molar-refractivity contribution is 0.0152. The molecule has 110 valence electrons. The molecule has 3 nitrogen and oxygen atoms in total. The highest BCUT2D eigenvalue weighted by Gasteiger charge is 2.31. The summed E-state index contributed by atoms with van der Waals surface area (Å²) in [5.41, 5.74) is 1.35. The number of hydrogen-bond acceptors (Lipinski definition) is 3. The van der Waals surface area contributed by atoms with Crippen molar-refractivity contribution in [2.45, 2.75) is 44.8 Å². The fourth-order valence-electron chi connectivity index (χ4n) is 3.35. The van der Waals surface area contributed by atoms with Crippen molar-refractivity contribution in [1.29, 1.82) is 0 Å². The van der Waals surface area contributed by atoms with E-state index in [-0.39, 0.29) is 0 Å². The van der Waals surface area contributed by atoms with Gasteiger partial charge < -0.3 is 14.8 Å². The first-order chi connectivity index (χ1) is 9.86. The molecule has 0 aromatic heterocycles. The Kier molecular flexibility index (Phi) is 4.58. The minimum atomic E-state index is 0.324. The molecule has 0 bridgehead atoms. The van der Waals surface area contributed by atoms with Gasteiger partial charge in [-0.3, -0.25) is 0 Å². The van der Waals surface area contributed by atoms with Crippen molar-refractivity contribution in [2.24, 2.45) is 5.92 Å².